The van der Waals surface area contributed by atoms with Crippen LogP contribution in [0.1, 0.15) is 18.1 Å². The monoisotopic (exact) mass is 532 g/mol. The van der Waals surface area contributed by atoms with E-state index in [4.69, 9.17) is 14.7 Å². The summed E-state index contributed by atoms with van der Waals surface area (Å²) < 4.78 is 46.0. The predicted octanol–water partition coefficient (Wildman–Crippen LogP) is 6.27. The van der Waals surface area contributed by atoms with Crippen molar-refractivity contribution < 1.29 is 22.7 Å². The zero-order valence-corrected chi connectivity index (χ0v) is 21.0. The Morgan fingerprint density at radius 2 is 1.59 bits per heavy atom. The molecule has 2 aromatic heterocycles. The summed E-state index contributed by atoms with van der Waals surface area (Å²) >= 11 is 0. The minimum absolute atomic E-state index is 0.170. The first-order valence-electron chi connectivity index (χ1n) is 11.9. The molecular formula is C28H23F3N6O2. The number of rotatable bonds is 7. The van der Waals surface area contributed by atoms with Crippen LogP contribution in [0.3, 0.4) is 0 Å². The number of nitrogens with zero attached hydrogens (tertiary/aromatic N) is 4. The molecule has 0 aliphatic rings. The van der Waals surface area contributed by atoms with Crippen molar-refractivity contribution in [2.45, 2.75) is 19.6 Å². The van der Waals surface area contributed by atoms with Gasteiger partial charge in [0.2, 0.25) is 5.91 Å². The number of hydrogen-bond donors (Lipinski definition) is 2. The first kappa shape index (κ1) is 25.7. The topological polar surface area (TPSA) is 94.0 Å². The van der Waals surface area contributed by atoms with Crippen LogP contribution < -0.4 is 15.4 Å². The van der Waals surface area contributed by atoms with Gasteiger partial charge in [0.05, 0.1) is 25.5 Å². The molecule has 0 atom stereocenters. The van der Waals surface area contributed by atoms with Gasteiger partial charge in [0.25, 0.3) is 0 Å². The van der Waals surface area contributed by atoms with Crippen LogP contribution in [-0.4, -0.2) is 32.5 Å². The number of fused-ring (bicyclic) bond motifs is 1. The van der Waals surface area contributed by atoms with Gasteiger partial charge in [-0.25, -0.2) is 15.0 Å². The number of carbonyl (C=O) groups is 1. The Labute approximate surface area is 221 Å². The summed E-state index contributed by atoms with van der Waals surface area (Å²) in [6.45, 7) is 1.70. The number of benzene rings is 3. The number of halogens is 3. The van der Waals surface area contributed by atoms with E-state index in [0.717, 1.165) is 17.7 Å². The maximum Gasteiger partial charge on any atom is 0.416 e. The van der Waals surface area contributed by atoms with Gasteiger partial charge in [-0.1, -0.05) is 12.1 Å². The van der Waals surface area contributed by atoms with E-state index in [1.54, 1.807) is 54.4 Å². The molecule has 2 heterocycles. The van der Waals surface area contributed by atoms with Crippen LogP contribution in [0.15, 0.2) is 79.1 Å². The highest BCUT2D eigenvalue weighted by atomic mass is 19.4. The first-order valence-corrected chi connectivity index (χ1v) is 11.9. The Kier molecular flexibility index (Phi) is 6.88. The maximum atomic E-state index is 13.0. The van der Waals surface area contributed by atoms with Gasteiger partial charge >= 0.3 is 6.18 Å². The molecule has 5 rings (SSSR count). The molecule has 0 saturated heterocycles. The number of nitrogens with one attached hydrogen (secondary N) is 2. The fraction of sp³-hybridized carbons (Fsp3) is 0.143. The van der Waals surface area contributed by atoms with Crippen LogP contribution in [0.2, 0.25) is 0 Å². The fourth-order valence-corrected chi connectivity index (χ4v) is 3.99. The normalized spacial score (nSPS) is 11.4. The lowest BCUT2D eigenvalue weighted by Gasteiger charge is -2.11. The van der Waals surface area contributed by atoms with E-state index >= 15 is 0 Å². The van der Waals surface area contributed by atoms with Gasteiger partial charge in [-0.15, -0.1) is 0 Å². The average molecular weight is 533 g/mol. The largest absolute Gasteiger partial charge is 0.497 e. The minimum Gasteiger partial charge on any atom is -0.497 e. The molecule has 0 saturated carbocycles. The Hall–Kier alpha value is -4.93. The highest BCUT2D eigenvalue weighted by molar-refractivity contribution is 5.90. The molecule has 0 aliphatic heterocycles. The molecule has 0 aliphatic carbocycles. The number of imidazole rings is 1. The molecule has 0 bridgehead atoms. The number of aromatic nitrogens is 4. The number of hydrogen-bond acceptors (Lipinski definition) is 6. The summed E-state index contributed by atoms with van der Waals surface area (Å²) in [7, 11) is 1.58. The Balaban J connectivity index is 1.53. The van der Waals surface area contributed by atoms with Crippen molar-refractivity contribution in [2.75, 3.05) is 17.7 Å². The third kappa shape index (κ3) is 5.82. The highest BCUT2D eigenvalue weighted by Gasteiger charge is 2.30. The van der Waals surface area contributed by atoms with Crippen LogP contribution in [0.5, 0.6) is 5.75 Å². The number of alkyl halides is 3. The van der Waals surface area contributed by atoms with Crippen molar-refractivity contribution in [1.29, 1.82) is 0 Å². The van der Waals surface area contributed by atoms with Gasteiger partial charge in [-0.05, 0) is 66.2 Å². The third-order valence-corrected chi connectivity index (χ3v) is 5.91. The zero-order chi connectivity index (χ0) is 27.6. The molecule has 1 amide bonds. The molecule has 3 aromatic carbocycles. The zero-order valence-electron chi connectivity index (χ0n) is 21.0. The summed E-state index contributed by atoms with van der Waals surface area (Å²) in [4.78, 5) is 25.3. The molecule has 2 N–H and O–H groups in total. The summed E-state index contributed by atoms with van der Waals surface area (Å²) in [6.07, 6.45) is -2.82. The lowest BCUT2D eigenvalue weighted by molar-refractivity contribution is -0.137. The summed E-state index contributed by atoms with van der Waals surface area (Å²) in [5.41, 5.74) is 3.06. The summed E-state index contributed by atoms with van der Waals surface area (Å²) in [5, 5.41) is 6.00. The van der Waals surface area contributed by atoms with E-state index in [9.17, 15) is 18.0 Å². The van der Waals surface area contributed by atoms with Gasteiger partial charge in [-0.3, -0.25) is 4.79 Å². The van der Waals surface area contributed by atoms with Crippen molar-refractivity contribution in [3.63, 3.8) is 0 Å². The Morgan fingerprint density at radius 3 is 2.21 bits per heavy atom. The summed E-state index contributed by atoms with van der Waals surface area (Å²) in [5.74, 6) is 1.39. The number of ether oxygens (including phenoxy) is 1. The molecule has 11 heteroatoms. The van der Waals surface area contributed by atoms with Crippen LogP contribution in [0, 0.1) is 0 Å². The lowest BCUT2D eigenvalue weighted by atomic mass is 10.1. The van der Waals surface area contributed by atoms with Crippen molar-refractivity contribution in [3.8, 4) is 17.1 Å². The van der Waals surface area contributed by atoms with E-state index in [-0.39, 0.29) is 12.5 Å². The number of carbonyl (C=O) groups excluding carboxylic acids is 1. The van der Waals surface area contributed by atoms with E-state index in [1.807, 2.05) is 12.1 Å². The predicted molar refractivity (Wildman–Crippen MR) is 142 cm³/mol. The smallest absolute Gasteiger partial charge is 0.416 e. The summed E-state index contributed by atoms with van der Waals surface area (Å²) in [6, 6.07) is 19.4. The molecule has 5 aromatic rings. The van der Waals surface area contributed by atoms with E-state index in [1.165, 1.54) is 19.1 Å². The molecular weight excluding hydrogens is 509 g/mol. The quantitative estimate of drug-likeness (QED) is 0.257. The second-order valence-electron chi connectivity index (χ2n) is 8.75. The third-order valence-electron chi connectivity index (χ3n) is 5.91. The average Bonchev–Trinajstić information content (AvgIpc) is 3.32. The van der Waals surface area contributed by atoms with Crippen molar-refractivity contribution in [1.82, 2.24) is 19.5 Å². The van der Waals surface area contributed by atoms with E-state index < -0.39 is 11.7 Å². The molecule has 198 valence electrons. The van der Waals surface area contributed by atoms with Gasteiger partial charge < -0.3 is 19.9 Å². The Bertz CT molecular complexity index is 1610. The van der Waals surface area contributed by atoms with Crippen molar-refractivity contribution >= 4 is 34.3 Å². The van der Waals surface area contributed by atoms with Gasteiger partial charge in [-0.2, -0.15) is 13.2 Å². The highest BCUT2D eigenvalue weighted by Crippen LogP contribution is 2.31. The van der Waals surface area contributed by atoms with Crippen LogP contribution >= 0.6 is 0 Å². The molecule has 0 unspecified atom stereocenters. The fourth-order valence-electron chi connectivity index (χ4n) is 3.99. The van der Waals surface area contributed by atoms with Crippen LogP contribution in [0.4, 0.5) is 30.4 Å². The maximum absolute atomic E-state index is 13.0. The Morgan fingerprint density at radius 1 is 0.923 bits per heavy atom. The molecule has 0 spiro atoms. The molecule has 39 heavy (non-hydrogen) atoms. The van der Waals surface area contributed by atoms with Crippen LogP contribution in [-0.2, 0) is 17.5 Å². The van der Waals surface area contributed by atoms with Gasteiger partial charge in [0, 0.05) is 23.9 Å². The molecule has 8 nitrogen and oxygen atoms in total. The molecule has 0 radical (unpaired) electrons. The second kappa shape index (κ2) is 10.4. The van der Waals surface area contributed by atoms with Gasteiger partial charge in [0.1, 0.15) is 5.75 Å². The SMILES string of the molecule is COc1ccc(-c2nc(Nc3ccc(NC(C)=O)cc3)c3ncn(Cc4ccc(C(F)(F)F)cc4)c3n2)cc1. The lowest BCUT2D eigenvalue weighted by Crippen LogP contribution is -2.06. The van der Waals surface area contributed by atoms with E-state index in [0.29, 0.717) is 45.5 Å². The van der Waals surface area contributed by atoms with Crippen LogP contribution in [0.25, 0.3) is 22.6 Å². The first-order chi connectivity index (χ1) is 18.7. The minimum atomic E-state index is -4.40. The molecule has 0 fully saturated rings. The van der Waals surface area contributed by atoms with Crippen molar-refractivity contribution in [3.05, 3.63) is 90.3 Å². The standard InChI is InChI=1S/C28H23F3N6O2/c1-17(38)33-21-9-11-22(12-10-21)34-26-24-27(36-25(35-26)19-5-13-23(39-2)14-6-19)37(16-32-24)15-18-3-7-20(8-4-18)28(29,30)31/h3-14,16H,15H2,1-2H3,(H,33,38)(H,34,35,36). The number of amides is 1. The van der Waals surface area contributed by atoms with Crippen molar-refractivity contribution in [2.24, 2.45) is 0 Å². The van der Waals surface area contributed by atoms with E-state index in [2.05, 4.69) is 15.6 Å². The second-order valence-corrected chi connectivity index (χ2v) is 8.75. The number of methoxy groups -OCH3 is 1. The number of anilines is 3. The van der Waals surface area contributed by atoms with Gasteiger partial charge in [0.15, 0.2) is 22.8 Å².